The highest BCUT2D eigenvalue weighted by atomic mass is 35.5. The van der Waals surface area contributed by atoms with Crippen LogP contribution in [0.5, 0.6) is 0 Å². The van der Waals surface area contributed by atoms with Crippen LogP contribution in [-0.2, 0) is 17.8 Å². The van der Waals surface area contributed by atoms with Crippen LogP contribution in [0.3, 0.4) is 0 Å². The number of nitrogens with one attached hydrogen (secondary N) is 1. The van der Waals surface area contributed by atoms with Gasteiger partial charge in [0.25, 0.3) is 0 Å². The Morgan fingerprint density at radius 2 is 2.04 bits per heavy atom. The Labute approximate surface area is 166 Å². The predicted octanol–water partition coefficient (Wildman–Crippen LogP) is 3.50. The fraction of sp³-hybridized carbons (Fsp3) is 0.500. The fourth-order valence-corrected chi connectivity index (χ4v) is 3.01. The van der Waals surface area contributed by atoms with Gasteiger partial charge >= 0.3 is 0 Å². The number of halogens is 2. The van der Waals surface area contributed by atoms with E-state index in [0.29, 0.717) is 6.42 Å². The quantitative estimate of drug-likeness (QED) is 0.823. The molecule has 0 bridgehead atoms. The molecule has 6 nitrogen and oxygen atoms in total. The summed E-state index contributed by atoms with van der Waals surface area (Å²) < 4.78 is 2.21. The molecule has 0 fully saturated rings. The van der Waals surface area contributed by atoms with Crippen molar-refractivity contribution in [1.82, 2.24) is 14.8 Å². The van der Waals surface area contributed by atoms with Gasteiger partial charge < -0.3 is 15.6 Å². The minimum atomic E-state index is -0.488. The number of aromatic nitrogens is 3. The number of fused-ring (bicyclic) bond motifs is 1. The molecule has 0 unspecified atom stereocenters. The SMILES string of the molecule is CC[C@H](N)C(=O)Nc1cc(-c2nnc3n2CCCCC3)ccc1C.Cl.Cl. The van der Waals surface area contributed by atoms with Crippen LogP contribution in [0.4, 0.5) is 5.69 Å². The Morgan fingerprint density at radius 3 is 2.77 bits per heavy atom. The highest BCUT2D eigenvalue weighted by Gasteiger charge is 2.18. The van der Waals surface area contributed by atoms with E-state index in [2.05, 4.69) is 20.1 Å². The third-order valence-corrected chi connectivity index (χ3v) is 4.64. The van der Waals surface area contributed by atoms with Gasteiger partial charge in [-0.15, -0.1) is 35.0 Å². The summed E-state index contributed by atoms with van der Waals surface area (Å²) in [6, 6.07) is 5.52. The Hall–Kier alpha value is -1.63. The van der Waals surface area contributed by atoms with Crippen LogP contribution in [0, 0.1) is 6.92 Å². The minimum Gasteiger partial charge on any atom is -0.324 e. The Morgan fingerprint density at radius 1 is 1.27 bits per heavy atom. The molecule has 1 aliphatic rings. The second kappa shape index (κ2) is 9.90. The van der Waals surface area contributed by atoms with Crippen molar-refractivity contribution < 1.29 is 4.79 Å². The van der Waals surface area contributed by atoms with Gasteiger partial charge in [0.15, 0.2) is 5.82 Å². The van der Waals surface area contributed by atoms with E-state index in [0.717, 1.165) is 47.8 Å². The molecule has 3 N–H and O–H groups in total. The molecule has 0 spiro atoms. The molecule has 1 aliphatic heterocycles. The van der Waals surface area contributed by atoms with Crippen molar-refractivity contribution in [3.05, 3.63) is 29.6 Å². The molecule has 0 aliphatic carbocycles. The van der Waals surface area contributed by atoms with Gasteiger partial charge in [0.1, 0.15) is 5.82 Å². The number of hydrogen-bond donors (Lipinski definition) is 2. The molecular weight excluding hydrogens is 373 g/mol. The van der Waals surface area contributed by atoms with Crippen molar-refractivity contribution >= 4 is 36.4 Å². The average molecular weight is 400 g/mol. The number of benzene rings is 1. The highest BCUT2D eigenvalue weighted by Crippen LogP contribution is 2.27. The second-order valence-corrected chi connectivity index (χ2v) is 6.44. The Kier molecular flexibility index (Phi) is 8.53. The van der Waals surface area contributed by atoms with Crippen LogP contribution in [0.1, 0.15) is 44.0 Å². The monoisotopic (exact) mass is 399 g/mol. The number of nitrogens with zero attached hydrogens (tertiary/aromatic N) is 3. The van der Waals surface area contributed by atoms with Crippen LogP contribution < -0.4 is 11.1 Å². The zero-order valence-electron chi connectivity index (χ0n) is 15.2. The molecule has 1 aromatic carbocycles. The van der Waals surface area contributed by atoms with E-state index in [1.807, 2.05) is 32.0 Å². The lowest BCUT2D eigenvalue weighted by Gasteiger charge is -2.14. The molecule has 3 rings (SSSR count). The number of anilines is 1. The summed E-state index contributed by atoms with van der Waals surface area (Å²) in [5, 5.41) is 11.7. The molecule has 0 saturated heterocycles. The Bertz CT molecular complexity index is 747. The first kappa shape index (κ1) is 22.4. The molecule has 8 heteroatoms. The number of hydrogen-bond acceptors (Lipinski definition) is 4. The van der Waals surface area contributed by atoms with Gasteiger partial charge in [-0.3, -0.25) is 4.79 Å². The van der Waals surface area contributed by atoms with Crippen LogP contribution in [0.2, 0.25) is 0 Å². The molecular formula is C18H27Cl2N5O. The van der Waals surface area contributed by atoms with Gasteiger partial charge in [0.2, 0.25) is 5.91 Å². The van der Waals surface area contributed by atoms with Crippen molar-refractivity contribution in [3.63, 3.8) is 0 Å². The standard InChI is InChI=1S/C18H25N5O.2ClH/c1-3-14(19)18(24)20-15-11-13(9-8-12(15)2)17-22-21-16-7-5-4-6-10-23(16)17;;/h8-9,11,14H,3-7,10,19H2,1-2H3,(H,20,24);2*1H/t14-;;/m0../s1. The lowest BCUT2D eigenvalue weighted by Crippen LogP contribution is -2.35. The Balaban J connectivity index is 0.00000169. The molecule has 144 valence electrons. The summed E-state index contributed by atoms with van der Waals surface area (Å²) in [4.78, 5) is 12.1. The van der Waals surface area contributed by atoms with Crippen LogP contribution in [0.15, 0.2) is 18.2 Å². The molecule has 1 amide bonds. The van der Waals surface area contributed by atoms with E-state index < -0.39 is 6.04 Å². The van der Waals surface area contributed by atoms with Crippen molar-refractivity contribution in [2.45, 2.75) is 58.5 Å². The third-order valence-electron chi connectivity index (χ3n) is 4.64. The number of aryl methyl sites for hydroxylation is 2. The molecule has 1 aromatic heterocycles. The van der Waals surface area contributed by atoms with E-state index in [1.54, 1.807) is 0 Å². The molecule has 2 aromatic rings. The number of amides is 1. The third kappa shape index (κ3) is 4.75. The van der Waals surface area contributed by atoms with Crippen LogP contribution in [0.25, 0.3) is 11.4 Å². The van der Waals surface area contributed by atoms with Gasteiger partial charge in [-0.1, -0.05) is 25.5 Å². The first-order chi connectivity index (χ1) is 11.6. The second-order valence-electron chi connectivity index (χ2n) is 6.44. The van der Waals surface area contributed by atoms with Gasteiger partial charge in [-0.2, -0.15) is 0 Å². The summed E-state index contributed by atoms with van der Waals surface area (Å²) in [7, 11) is 0. The van der Waals surface area contributed by atoms with Gasteiger partial charge in [0, 0.05) is 24.2 Å². The molecule has 0 radical (unpaired) electrons. The zero-order valence-corrected chi connectivity index (χ0v) is 16.8. The summed E-state index contributed by atoms with van der Waals surface area (Å²) in [6.45, 7) is 4.83. The largest absolute Gasteiger partial charge is 0.324 e. The molecule has 2 heterocycles. The van der Waals surface area contributed by atoms with E-state index in [9.17, 15) is 4.79 Å². The van der Waals surface area contributed by atoms with Crippen LogP contribution in [-0.4, -0.2) is 26.7 Å². The lowest BCUT2D eigenvalue weighted by atomic mass is 10.1. The van der Waals surface area contributed by atoms with Crippen molar-refractivity contribution in [3.8, 4) is 11.4 Å². The normalized spacial score (nSPS) is 14.3. The van der Waals surface area contributed by atoms with Crippen molar-refractivity contribution in [1.29, 1.82) is 0 Å². The van der Waals surface area contributed by atoms with E-state index >= 15 is 0 Å². The summed E-state index contributed by atoms with van der Waals surface area (Å²) >= 11 is 0. The zero-order chi connectivity index (χ0) is 17.1. The van der Waals surface area contributed by atoms with Gasteiger partial charge in [-0.25, -0.2) is 0 Å². The van der Waals surface area contributed by atoms with E-state index in [1.165, 1.54) is 12.8 Å². The molecule has 1 atom stereocenters. The van der Waals surface area contributed by atoms with Crippen molar-refractivity contribution in [2.24, 2.45) is 5.73 Å². The summed E-state index contributed by atoms with van der Waals surface area (Å²) in [5.74, 6) is 1.78. The number of rotatable bonds is 4. The topological polar surface area (TPSA) is 85.8 Å². The van der Waals surface area contributed by atoms with Crippen molar-refractivity contribution in [2.75, 3.05) is 5.32 Å². The average Bonchev–Trinajstić information content (AvgIpc) is 2.84. The molecule has 0 saturated carbocycles. The predicted molar refractivity (Wildman–Crippen MR) is 109 cm³/mol. The first-order valence-electron chi connectivity index (χ1n) is 8.69. The van der Waals surface area contributed by atoms with Gasteiger partial charge in [-0.05, 0) is 37.8 Å². The summed E-state index contributed by atoms with van der Waals surface area (Å²) in [6.07, 6.45) is 5.14. The fourth-order valence-electron chi connectivity index (χ4n) is 3.01. The van der Waals surface area contributed by atoms with Crippen LogP contribution >= 0.6 is 24.8 Å². The first-order valence-corrected chi connectivity index (χ1v) is 8.69. The van der Waals surface area contributed by atoms with Gasteiger partial charge in [0.05, 0.1) is 6.04 Å². The minimum absolute atomic E-state index is 0. The number of nitrogens with two attached hydrogens (primary N) is 1. The maximum absolute atomic E-state index is 12.1. The maximum Gasteiger partial charge on any atom is 0.241 e. The highest BCUT2D eigenvalue weighted by molar-refractivity contribution is 5.95. The van der Waals surface area contributed by atoms with E-state index in [-0.39, 0.29) is 30.7 Å². The smallest absolute Gasteiger partial charge is 0.241 e. The summed E-state index contributed by atoms with van der Waals surface area (Å²) in [5.41, 5.74) is 8.58. The lowest BCUT2D eigenvalue weighted by molar-refractivity contribution is -0.117. The number of carbonyl (C=O) groups excluding carboxylic acids is 1. The maximum atomic E-state index is 12.1. The molecule has 26 heavy (non-hydrogen) atoms. The number of carbonyl (C=O) groups is 1. The van der Waals surface area contributed by atoms with E-state index in [4.69, 9.17) is 5.73 Å².